The zero-order valence-electron chi connectivity index (χ0n) is 11.1. The maximum Gasteiger partial charge on any atom is 0.336 e. The van der Waals surface area contributed by atoms with Crippen molar-refractivity contribution in [3.8, 4) is 11.1 Å². The van der Waals surface area contributed by atoms with Crippen LogP contribution in [0.2, 0.25) is 0 Å². The molecule has 0 saturated heterocycles. The molecule has 0 bridgehead atoms. The SMILES string of the molecule is C=C(C(=O)OC)C(O)c1ccccc1-c1ccncc1. The summed E-state index contributed by atoms with van der Waals surface area (Å²) in [6, 6.07) is 11.0. The predicted molar refractivity (Wildman–Crippen MR) is 75.8 cm³/mol. The number of nitrogens with zero attached hydrogens (tertiary/aromatic N) is 1. The van der Waals surface area contributed by atoms with E-state index in [1.54, 1.807) is 24.5 Å². The largest absolute Gasteiger partial charge is 0.466 e. The fraction of sp³-hybridized carbons (Fsp3) is 0.125. The highest BCUT2D eigenvalue weighted by Gasteiger charge is 2.21. The molecule has 0 fully saturated rings. The minimum absolute atomic E-state index is 0.00834. The lowest BCUT2D eigenvalue weighted by Crippen LogP contribution is -2.12. The van der Waals surface area contributed by atoms with E-state index in [0.717, 1.165) is 11.1 Å². The second-order valence-electron chi connectivity index (χ2n) is 4.24. The molecular weight excluding hydrogens is 254 g/mol. The number of aliphatic hydroxyl groups is 1. The average Bonchev–Trinajstić information content (AvgIpc) is 2.53. The number of pyridine rings is 1. The number of methoxy groups -OCH3 is 1. The molecule has 20 heavy (non-hydrogen) atoms. The van der Waals surface area contributed by atoms with Crippen molar-refractivity contribution in [1.82, 2.24) is 4.98 Å². The third-order valence-corrected chi connectivity index (χ3v) is 3.02. The van der Waals surface area contributed by atoms with E-state index in [1.165, 1.54) is 7.11 Å². The molecule has 1 unspecified atom stereocenters. The highest BCUT2D eigenvalue weighted by molar-refractivity contribution is 5.89. The number of rotatable bonds is 4. The minimum Gasteiger partial charge on any atom is -0.466 e. The van der Waals surface area contributed by atoms with Crippen molar-refractivity contribution in [3.05, 3.63) is 66.5 Å². The van der Waals surface area contributed by atoms with Crippen molar-refractivity contribution in [2.24, 2.45) is 0 Å². The summed E-state index contributed by atoms with van der Waals surface area (Å²) in [6.07, 6.45) is 2.24. The number of aromatic nitrogens is 1. The van der Waals surface area contributed by atoms with E-state index in [9.17, 15) is 9.90 Å². The lowest BCUT2D eigenvalue weighted by Gasteiger charge is -2.16. The first-order valence-corrected chi connectivity index (χ1v) is 6.09. The maximum absolute atomic E-state index is 11.5. The van der Waals surface area contributed by atoms with Gasteiger partial charge in [0, 0.05) is 12.4 Å². The first kappa shape index (κ1) is 14.0. The summed E-state index contributed by atoms with van der Waals surface area (Å²) in [5, 5.41) is 10.3. The smallest absolute Gasteiger partial charge is 0.336 e. The fourth-order valence-corrected chi connectivity index (χ4v) is 1.96. The van der Waals surface area contributed by atoms with Crippen LogP contribution in [0.25, 0.3) is 11.1 Å². The Bertz CT molecular complexity index is 623. The molecule has 1 atom stereocenters. The van der Waals surface area contributed by atoms with Crippen molar-refractivity contribution in [3.63, 3.8) is 0 Å². The van der Waals surface area contributed by atoms with Crippen LogP contribution < -0.4 is 0 Å². The predicted octanol–water partition coefficient (Wildman–Crippen LogP) is 2.51. The maximum atomic E-state index is 11.5. The molecule has 1 N–H and O–H groups in total. The Morgan fingerprint density at radius 3 is 2.55 bits per heavy atom. The van der Waals surface area contributed by atoms with E-state index in [2.05, 4.69) is 16.3 Å². The van der Waals surface area contributed by atoms with Gasteiger partial charge in [-0.1, -0.05) is 30.8 Å². The standard InChI is InChI=1S/C16H15NO3/c1-11(16(19)20-2)15(18)14-6-4-3-5-13(14)12-7-9-17-10-8-12/h3-10,15,18H,1H2,2H3. The Labute approximate surface area is 117 Å². The molecule has 0 aliphatic heterocycles. The molecule has 0 spiro atoms. The minimum atomic E-state index is -1.10. The van der Waals surface area contributed by atoms with Gasteiger partial charge in [0.2, 0.25) is 0 Å². The van der Waals surface area contributed by atoms with Gasteiger partial charge in [0.05, 0.1) is 12.7 Å². The molecule has 1 aromatic carbocycles. The number of carbonyl (C=O) groups is 1. The summed E-state index contributed by atoms with van der Waals surface area (Å²) in [5.74, 6) is -0.623. The van der Waals surface area contributed by atoms with Crippen LogP contribution in [-0.2, 0) is 9.53 Å². The van der Waals surface area contributed by atoms with Crippen molar-refractivity contribution in [1.29, 1.82) is 0 Å². The van der Waals surface area contributed by atoms with E-state index < -0.39 is 12.1 Å². The van der Waals surface area contributed by atoms with Gasteiger partial charge < -0.3 is 9.84 Å². The van der Waals surface area contributed by atoms with Gasteiger partial charge in [0.15, 0.2) is 0 Å². The first-order valence-electron chi connectivity index (χ1n) is 6.09. The van der Waals surface area contributed by atoms with E-state index in [0.29, 0.717) is 5.56 Å². The van der Waals surface area contributed by atoms with Crippen LogP contribution in [-0.4, -0.2) is 23.2 Å². The molecule has 2 rings (SSSR count). The third-order valence-electron chi connectivity index (χ3n) is 3.02. The first-order chi connectivity index (χ1) is 9.65. The normalized spacial score (nSPS) is 11.7. The van der Waals surface area contributed by atoms with Gasteiger partial charge in [-0.25, -0.2) is 4.79 Å². The van der Waals surface area contributed by atoms with Crippen LogP contribution >= 0.6 is 0 Å². The van der Waals surface area contributed by atoms with Crippen LogP contribution in [0.5, 0.6) is 0 Å². The lowest BCUT2D eigenvalue weighted by atomic mass is 9.94. The van der Waals surface area contributed by atoms with Crippen LogP contribution in [0.1, 0.15) is 11.7 Å². The van der Waals surface area contributed by atoms with E-state index in [1.807, 2.05) is 24.3 Å². The molecule has 1 aromatic heterocycles. The number of aliphatic hydroxyl groups excluding tert-OH is 1. The molecule has 2 aromatic rings. The van der Waals surface area contributed by atoms with Gasteiger partial charge in [-0.05, 0) is 28.8 Å². The molecule has 0 aliphatic carbocycles. The van der Waals surface area contributed by atoms with E-state index in [4.69, 9.17) is 0 Å². The quantitative estimate of drug-likeness (QED) is 0.684. The Morgan fingerprint density at radius 1 is 1.25 bits per heavy atom. The monoisotopic (exact) mass is 269 g/mol. The number of benzene rings is 1. The highest BCUT2D eigenvalue weighted by atomic mass is 16.5. The van der Waals surface area contributed by atoms with Crippen LogP contribution in [0.4, 0.5) is 0 Å². The van der Waals surface area contributed by atoms with Gasteiger partial charge in [0.1, 0.15) is 6.10 Å². The zero-order valence-corrected chi connectivity index (χ0v) is 11.1. The summed E-state index contributed by atoms with van der Waals surface area (Å²) in [7, 11) is 1.26. The third kappa shape index (κ3) is 2.75. The highest BCUT2D eigenvalue weighted by Crippen LogP contribution is 2.31. The molecule has 0 radical (unpaired) electrons. The van der Waals surface area contributed by atoms with E-state index in [-0.39, 0.29) is 5.57 Å². The Kier molecular flexibility index (Phi) is 4.27. The second-order valence-corrected chi connectivity index (χ2v) is 4.24. The molecular formula is C16H15NO3. The van der Waals surface area contributed by atoms with Crippen LogP contribution in [0, 0.1) is 0 Å². The molecule has 0 amide bonds. The molecule has 0 aliphatic rings. The molecule has 1 heterocycles. The van der Waals surface area contributed by atoms with Gasteiger partial charge >= 0.3 is 5.97 Å². The molecule has 4 heteroatoms. The van der Waals surface area contributed by atoms with Gasteiger partial charge in [-0.15, -0.1) is 0 Å². The number of esters is 1. The van der Waals surface area contributed by atoms with Crippen molar-refractivity contribution < 1.29 is 14.6 Å². The van der Waals surface area contributed by atoms with Crippen molar-refractivity contribution in [2.75, 3.05) is 7.11 Å². The van der Waals surface area contributed by atoms with Crippen LogP contribution in [0.15, 0.2) is 60.9 Å². The van der Waals surface area contributed by atoms with Gasteiger partial charge in [-0.2, -0.15) is 0 Å². The summed E-state index contributed by atoms with van der Waals surface area (Å²) in [6.45, 7) is 3.60. The molecule has 0 saturated carbocycles. The molecule has 4 nitrogen and oxygen atoms in total. The van der Waals surface area contributed by atoms with Gasteiger partial charge in [0.25, 0.3) is 0 Å². The summed E-state index contributed by atoms with van der Waals surface area (Å²) >= 11 is 0. The number of carbonyl (C=O) groups excluding carboxylic acids is 1. The van der Waals surface area contributed by atoms with E-state index >= 15 is 0 Å². The van der Waals surface area contributed by atoms with Gasteiger partial charge in [-0.3, -0.25) is 4.98 Å². The number of hydrogen-bond donors (Lipinski definition) is 1. The summed E-state index contributed by atoms with van der Waals surface area (Å²) in [4.78, 5) is 15.5. The summed E-state index contributed by atoms with van der Waals surface area (Å²) < 4.78 is 4.59. The topological polar surface area (TPSA) is 59.4 Å². The fourth-order valence-electron chi connectivity index (χ4n) is 1.96. The second kappa shape index (κ2) is 6.12. The lowest BCUT2D eigenvalue weighted by molar-refractivity contribution is -0.137. The Hall–Kier alpha value is -2.46. The molecule has 102 valence electrons. The Morgan fingerprint density at radius 2 is 1.90 bits per heavy atom. The summed E-state index contributed by atoms with van der Waals surface area (Å²) in [5.41, 5.74) is 2.35. The van der Waals surface area contributed by atoms with Crippen LogP contribution in [0.3, 0.4) is 0 Å². The average molecular weight is 269 g/mol. The van der Waals surface area contributed by atoms with Crippen molar-refractivity contribution >= 4 is 5.97 Å². The number of ether oxygens (including phenoxy) is 1. The Balaban J connectivity index is 2.43. The zero-order chi connectivity index (χ0) is 14.5. The van der Waals surface area contributed by atoms with Crippen molar-refractivity contribution in [2.45, 2.75) is 6.10 Å². The number of hydrogen-bond acceptors (Lipinski definition) is 4.